The van der Waals surface area contributed by atoms with E-state index in [1.807, 2.05) is 32.0 Å². The lowest BCUT2D eigenvalue weighted by molar-refractivity contribution is -0.143. The van der Waals surface area contributed by atoms with Crippen molar-refractivity contribution in [1.82, 2.24) is 9.55 Å². The van der Waals surface area contributed by atoms with Crippen molar-refractivity contribution in [1.29, 1.82) is 0 Å². The quantitative estimate of drug-likeness (QED) is 0.912. The van der Waals surface area contributed by atoms with Gasteiger partial charge < -0.3 is 10.1 Å². The molecular weight excluding hydrogens is 268 g/mol. The summed E-state index contributed by atoms with van der Waals surface area (Å²) in [5.41, 5.74) is 1.42. The first kappa shape index (κ1) is 13.9. The van der Waals surface area contributed by atoms with Gasteiger partial charge in [0.1, 0.15) is 0 Å². The van der Waals surface area contributed by atoms with Crippen LogP contribution >= 0.6 is 0 Å². The molecule has 0 atom stereocenters. The van der Waals surface area contributed by atoms with Gasteiger partial charge in [0.05, 0.1) is 16.4 Å². The number of nitrogens with zero attached hydrogens (tertiary/aromatic N) is 1. The number of imidazole rings is 1. The summed E-state index contributed by atoms with van der Waals surface area (Å²) in [6.07, 6.45) is 3.22. The lowest BCUT2D eigenvalue weighted by Crippen LogP contribution is -2.32. The number of carboxylic acids is 1. The monoisotopic (exact) mass is 288 g/mol. The van der Waals surface area contributed by atoms with Crippen LogP contribution in [0.5, 0.6) is 0 Å². The van der Waals surface area contributed by atoms with E-state index in [1.54, 1.807) is 4.57 Å². The predicted octanol–water partition coefficient (Wildman–Crippen LogP) is 2.81. The van der Waals surface area contributed by atoms with Crippen molar-refractivity contribution in [3.8, 4) is 0 Å². The second-order valence-electron chi connectivity index (χ2n) is 6.22. The van der Waals surface area contributed by atoms with Crippen LogP contribution in [0.3, 0.4) is 0 Å². The summed E-state index contributed by atoms with van der Waals surface area (Å²) in [7, 11) is 0. The van der Waals surface area contributed by atoms with Crippen molar-refractivity contribution >= 4 is 17.0 Å². The lowest BCUT2D eigenvalue weighted by Gasteiger charge is -2.24. The topological polar surface area (TPSA) is 75.1 Å². The van der Waals surface area contributed by atoms with Crippen LogP contribution < -0.4 is 5.69 Å². The Morgan fingerprint density at radius 2 is 2.00 bits per heavy atom. The van der Waals surface area contributed by atoms with E-state index in [9.17, 15) is 14.7 Å². The minimum Gasteiger partial charge on any atom is -0.481 e. The maximum Gasteiger partial charge on any atom is 0.326 e. The number of rotatable bonds is 3. The average Bonchev–Trinajstić information content (AvgIpc) is 3.01. The molecule has 0 unspecified atom stereocenters. The highest BCUT2D eigenvalue weighted by molar-refractivity contribution is 5.85. The molecule has 1 aliphatic rings. The molecule has 0 spiro atoms. The van der Waals surface area contributed by atoms with E-state index < -0.39 is 11.4 Å². The molecule has 0 aliphatic heterocycles. The van der Waals surface area contributed by atoms with Crippen LogP contribution in [0.2, 0.25) is 0 Å². The lowest BCUT2D eigenvalue weighted by atomic mass is 9.79. The molecule has 1 aromatic carbocycles. The van der Waals surface area contributed by atoms with Crippen LogP contribution in [-0.4, -0.2) is 20.6 Å². The maximum absolute atomic E-state index is 12.0. The van der Waals surface area contributed by atoms with E-state index in [-0.39, 0.29) is 11.7 Å². The van der Waals surface area contributed by atoms with Crippen molar-refractivity contribution in [2.24, 2.45) is 0 Å². The van der Waals surface area contributed by atoms with Gasteiger partial charge in [0.25, 0.3) is 0 Å². The normalized spacial score (nSPS) is 17.7. The first-order valence-corrected chi connectivity index (χ1v) is 7.44. The summed E-state index contributed by atoms with van der Waals surface area (Å²) in [6, 6.07) is 5.64. The number of aliphatic carboxylic acids is 1. The average molecular weight is 288 g/mol. The van der Waals surface area contributed by atoms with Crippen molar-refractivity contribution in [3.63, 3.8) is 0 Å². The molecule has 0 amide bonds. The Bertz CT molecular complexity index is 748. The molecule has 21 heavy (non-hydrogen) atoms. The third kappa shape index (κ3) is 1.99. The smallest absolute Gasteiger partial charge is 0.326 e. The zero-order chi connectivity index (χ0) is 15.2. The molecule has 2 N–H and O–H groups in total. The molecule has 2 aromatic rings. The molecule has 1 saturated carbocycles. The van der Waals surface area contributed by atoms with Crippen LogP contribution in [0.25, 0.3) is 11.0 Å². The Morgan fingerprint density at radius 1 is 1.33 bits per heavy atom. The van der Waals surface area contributed by atoms with Crippen molar-refractivity contribution in [2.75, 3.05) is 0 Å². The molecule has 3 rings (SSSR count). The number of carbonyl (C=O) groups is 1. The van der Waals surface area contributed by atoms with Crippen LogP contribution in [0.15, 0.2) is 23.0 Å². The molecule has 5 heteroatoms. The molecule has 0 bridgehead atoms. The summed E-state index contributed by atoms with van der Waals surface area (Å²) in [6.45, 7) is 3.91. The molecule has 1 fully saturated rings. The molecular formula is C16H20N2O3. The minimum atomic E-state index is -0.787. The largest absolute Gasteiger partial charge is 0.481 e. The number of H-pyrrole nitrogens is 1. The van der Waals surface area contributed by atoms with Gasteiger partial charge in [-0.05, 0) is 44.4 Å². The summed E-state index contributed by atoms with van der Waals surface area (Å²) < 4.78 is 1.70. The molecule has 1 heterocycles. The number of carboxylic acid groups (broad SMARTS) is 1. The molecule has 1 aromatic heterocycles. The Balaban J connectivity index is 2.18. The second-order valence-corrected chi connectivity index (χ2v) is 6.22. The maximum atomic E-state index is 12.0. The number of fused-ring (bicyclic) bond motifs is 1. The van der Waals surface area contributed by atoms with Crippen LogP contribution in [0.4, 0.5) is 0 Å². The fourth-order valence-corrected chi connectivity index (χ4v) is 3.55. The number of hydrogen-bond donors (Lipinski definition) is 2. The Morgan fingerprint density at radius 3 is 2.57 bits per heavy atom. The van der Waals surface area contributed by atoms with E-state index in [4.69, 9.17) is 0 Å². The summed E-state index contributed by atoms with van der Waals surface area (Å²) >= 11 is 0. The molecule has 1 aliphatic carbocycles. The first-order valence-electron chi connectivity index (χ1n) is 7.44. The highest BCUT2D eigenvalue weighted by Crippen LogP contribution is 2.42. The Hall–Kier alpha value is -2.04. The van der Waals surface area contributed by atoms with Crippen LogP contribution in [0.1, 0.15) is 51.1 Å². The number of aromatic amines is 1. The van der Waals surface area contributed by atoms with Crippen LogP contribution in [-0.2, 0) is 10.2 Å². The van der Waals surface area contributed by atoms with Gasteiger partial charge in [-0.15, -0.1) is 0 Å². The Labute approximate surface area is 122 Å². The van der Waals surface area contributed by atoms with Crippen molar-refractivity contribution < 1.29 is 9.90 Å². The van der Waals surface area contributed by atoms with Gasteiger partial charge in [-0.2, -0.15) is 0 Å². The number of aromatic nitrogens is 2. The first-order chi connectivity index (χ1) is 9.95. The molecule has 0 radical (unpaired) electrons. The van der Waals surface area contributed by atoms with Gasteiger partial charge in [0.2, 0.25) is 0 Å². The predicted molar refractivity (Wildman–Crippen MR) is 80.7 cm³/mol. The second kappa shape index (κ2) is 4.76. The molecule has 0 saturated heterocycles. The summed E-state index contributed by atoms with van der Waals surface area (Å²) in [4.78, 5) is 26.6. The zero-order valence-corrected chi connectivity index (χ0v) is 12.3. The third-order valence-corrected chi connectivity index (χ3v) is 4.65. The SMILES string of the molecule is CC(C)n1c(=O)[nH]c2cc(C3(C(=O)O)CCCC3)ccc21. The number of benzene rings is 1. The zero-order valence-electron chi connectivity index (χ0n) is 12.3. The summed E-state index contributed by atoms with van der Waals surface area (Å²) in [5, 5.41) is 9.66. The fraction of sp³-hybridized carbons (Fsp3) is 0.500. The third-order valence-electron chi connectivity index (χ3n) is 4.65. The van der Waals surface area contributed by atoms with Gasteiger partial charge in [-0.25, -0.2) is 4.79 Å². The van der Waals surface area contributed by atoms with E-state index >= 15 is 0 Å². The number of nitrogens with one attached hydrogen (secondary N) is 1. The fourth-order valence-electron chi connectivity index (χ4n) is 3.55. The van der Waals surface area contributed by atoms with E-state index in [1.165, 1.54) is 0 Å². The Kier molecular flexibility index (Phi) is 3.15. The van der Waals surface area contributed by atoms with Gasteiger partial charge in [-0.3, -0.25) is 9.36 Å². The van der Waals surface area contributed by atoms with E-state index in [0.29, 0.717) is 12.8 Å². The van der Waals surface area contributed by atoms with Crippen LogP contribution in [0, 0.1) is 0 Å². The molecule has 5 nitrogen and oxygen atoms in total. The minimum absolute atomic E-state index is 0.0667. The summed E-state index contributed by atoms with van der Waals surface area (Å²) in [5.74, 6) is -0.759. The highest BCUT2D eigenvalue weighted by Gasteiger charge is 2.43. The van der Waals surface area contributed by atoms with Gasteiger partial charge in [0.15, 0.2) is 0 Å². The van der Waals surface area contributed by atoms with Gasteiger partial charge in [0, 0.05) is 6.04 Å². The highest BCUT2D eigenvalue weighted by atomic mass is 16.4. The van der Waals surface area contributed by atoms with Gasteiger partial charge in [-0.1, -0.05) is 18.9 Å². The molecule has 112 valence electrons. The van der Waals surface area contributed by atoms with Gasteiger partial charge >= 0.3 is 11.7 Å². The van der Waals surface area contributed by atoms with E-state index in [0.717, 1.165) is 29.4 Å². The standard InChI is InChI=1S/C16H20N2O3/c1-10(2)18-13-6-5-11(9-12(13)17-15(18)21)16(14(19)20)7-3-4-8-16/h5-6,9-10H,3-4,7-8H2,1-2H3,(H,17,21)(H,19,20). The van der Waals surface area contributed by atoms with Crippen molar-refractivity contribution in [3.05, 3.63) is 34.2 Å². The number of hydrogen-bond acceptors (Lipinski definition) is 2. The van der Waals surface area contributed by atoms with E-state index in [2.05, 4.69) is 4.98 Å². The van der Waals surface area contributed by atoms with Crippen molar-refractivity contribution in [2.45, 2.75) is 51.0 Å².